The smallest absolute Gasteiger partial charge is 0.251 e. The Balaban J connectivity index is 1.44. The van der Waals surface area contributed by atoms with Gasteiger partial charge in [-0.2, -0.15) is 0 Å². The van der Waals surface area contributed by atoms with Crippen molar-refractivity contribution in [3.05, 3.63) is 83.9 Å². The lowest BCUT2D eigenvalue weighted by atomic mass is 10.1. The highest BCUT2D eigenvalue weighted by Crippen LogP contribution is 2.34. The van der Waals surface area contributed by atoms with Gasteiger partial charge in [0.15, 0.2) is 5.13 Å². The third-order valence-corrected chi connectivity index (χ3v) is 6.55. The van der Waals surface area contributed by atoms with E-state index < -0.39 is 0 Å². The van der Waals surface area contributed by atoms with E-state index in [0.717, 1.165) is 22.3 Å². The molecule has 0 spiro atoms. The van der Waals surface area contributed by atoms with Crippen LogP contribution in [0.2, 0.25) is 0 Å². The van der Waals surface area contributed by atoms with Crippen molar-refractivity contribution in [2.75, 3.05) is 18.6 Å². The molecular formula is C27H27N3O3S. The van der Waals surface area contributed by atoms with Crippen molar-refractivity contribution in [1.29, 1.82) is 0 Å². The molecule has 0 bridgehead atoms. The number of methoxy groups -OCH3 is 1. The van der Waals surface area contributed by atoms with Crippen LogP contribution >= 0.6 is 11.3 Å². The average Bonchev–Trinajstić information content (AvgIpc) is 3.30. The van der Waals surface area contributed by atoms with Crippen LogP contribution < -0.4 is 15.0 Å². The highest BCUT2D eigenvalue weighted by molar-refractivity contribution is 7.22. The zero-order valence-corrected chi connectivity index (χ0v) is 20.1. The minimum absolute atomic E-state index is 0.0537. The Labute approximate surface area is 203 Å². The van der Waals surface area contributed by atoms with Crippen molar-refractivity contribution in [2.45, 2.75) is 26.2 Å². The van der Waals surface area contributed by atoms with Gasteiger partial charge in [-0.1, -0.05) is 42.5 Å². The average molecular weight is 474 g/mol. The topological polar surface area (TPSA) is 71.5 Å². The number of hydrogen-bond donors (Lipinski definition) is 1. The van der Waals surface area contributed by atoms with Crippen LogP contribution in [-0.4, -0.2) is 30.5 Å². The first-order valence-corrected chi connectivity index (χ1v) is 12.1. The Morgan fingerprint density at radius 2 is 1.74 bits per heavy atom. The van der Waals surface area contributed by atoms with E-state index in [4.69, 9.17) is 9.72 Å². The molecule has 0 aliphatic carbocycles. The normalized spacial score (nSPS) is 10.8. The molecule has 34 heavy (non-hydrogen) atoms. The molecule has 1 heterocycles. The molecule has 2 amide bonds. The van der Waals surface area contributed by atoms with Gasteiger partial charge in [0.1, 0.15) is 5.75 Å². The Bertz CT molecular complexity index is 1230. The maximum absolute atomic E-state index is 13.3. The third kappa shape index (κ3) is 5.43. The number of thiazole rings is 1. The second-order valence-electron chi connectivity index (χ2n) is 7.80. The standard InChI is InChI=1S/C27H27N3O3S/c1-3-19-10-14-21(15-11-19)30(27-29-23-7-4-5-8-24(23)34-27)25(31)9-6-18-28-26(32)20-12-16-22(33-2)17-13-20/h4-5,7-8,10-17H,3,6,9,18H2,1-2H3,(H,28,32). The molecule has 0 saturated carbocycles. The molecule has 3 aromatic carbocycles. The van der Waals surface area contributed by atoms with Crippen molar-refractivity contribution in [2.24, 2.45) is 0 Å². The molecule has 0 aliphatic heterocycles. The van der Waals surface area contributed by atoms with Crippen LogP contribution in [0.15, 0.2) is 72.8 Å². The number of aromatic nitrogens is 1. The van der Waals surface area contributed by atoms with Gasteiger partial charge < -0.3 is 10.1 Å². The quantitative estimate of drug-likeness (QED) is 0.315. The Morgan fingerprint density at radius 3 is 2.41 bits per heavy atom. The molecular weight excluding hydrogens is 446 g/mol. The molecule has 4 rings (SSSR count). The van der Waals surface area contributed by atoms with Gasteiger partial charge in [0.25, 0.3) is 5.91 Å². The molecule has 0 radical (unpaired) electrons. The first kappa shape index (κ1) is 23.4. The molecule has 174 valence electrons. The lowest BCUT2D eigenvalue weighted by molar-refractivity contribution is -0.118. The van der Waals surface area contributed by atoms with E-state index in [-0.39, 0.29) is 18.2 Å². The maximum atomic E-state index is 13.3. The van der Waals surface area contributed by atoms with E-state index in [1.807, 2.05) is 48.5 Å². The summed E-state index contributed by atoms with van der Waals surface area (Å²) in [7, 11) is 1.59. The number of para-hydroxylation sites is 1. The number of anilines is 2. The molecule has 0 aliphatic rings. The fraction of sp³-hybridized carbons (Fsp3) is 0.222. The summed E-state index contributed by atoms with van der Waals surface area (Å²) >= 11 is 1.50. The zero-order valence-electron chi connectivity index (χ0n) is 19.3. The number of hydrogen-bond acceptors (Lipinski definition) is 5. The van der Waals surface area contributed by atoms with E-state index >= 15 is 0 Å². The first-order valence-electron chi connectivity index (χ1n) is 11.3. The number of amides is 2. The van der Waals surface area contributed by atoms with Crippen LogP contribution in [0.4, 0.5) is 10.8 Å². The van der Waals surface area contributed by atoms with E-state index in [9.17, 15) is 9.59 Å². The monoisotopic (exact) mass is 473 g/mol. The second kappa shape index (κ2) is 10.9. The second-order valence-corrected chi connectivity index (χ2v) is 8.81. The van der Waals surface area contributed by atoms with Crippen molar-refractivity contribution in [3.63, 3.8) is 0 Å². The lowest BCUT2D eigenvalue weighted by Gasteiger charge is -2.20. The van der Waals surface area contributed by atoms with Crippen molar-refractivity contribution < 1.29 is 14.3 Å². The summed E-state index contributed by atoms with van der Waals surface area (Å²) in [6.45, 7) is 2.50. The number of carbonyl (C=O) groups is 2. The van der Waals surface area contributed by atoms with Gasteiger partial charge in [0, 0.05) is 18.5 Å². The van der Waals surface area contributed by atoms with Gasteiger partial charge >= 0.3 is 0 Å². The zero-order chi connectivity index (χ0) is 23.9. The Morgan fingerprint density at radius 1 is 1.00 bits per heavy atom. The summed E-state index contributed by atoms with van der Waals surface area (Å²) in [5.74, 6) is 0.472. The van der Waals surface area contributed by atoms with Gasteiger partial charge in [-0.3, -0.25) is 14.5 Å². The predicted molar refractivity (Wildman–Crippen MR) is 137 cm³/mol. The third-order valence-electron chi connectivity index (χ3n) is 5.53. The number of nitrogens with one attached hydrogen (secondary N) is 1. The van der Waals surface area contributed by atoms with Crippen LogP contribution in [0, 0.1) is 0 Å². The molecule has 0 atom stereocenters. The number of ether oxygens (including phenoxy) is 1. The van der Waals surface area contributed by atoms with Crippen molar-refractivity contribution in [3.8, 4) is 5.75 Å². The van der Waals surface area contributed by atoms with Crippen molar-refractivity contribution in [1.82, 2.24) is 10.3 Å². The largest absolute Gasteiger partial charge is 0.497 e. The molecule has 6 nitrogen and oxygen atoms in total. The molecule has 1 N–H and O–H groups in total. The fourth-order valence-corrected chi connectivity index (χ4v) is 4.60. The molecule has 0 saturated heterocycles. The number of benzene rings is 3. The van der Waals surface area contributed by atoms with Gasteiger partial charge in [-0.25, -0.2) is 4.98 Å². The Hall–Kier alpha value is -3.71. The summed E-state index contributed by atoms with van der Waals surface area (Å²) in [6, 6.07) is 22.8. The number of carbonyl (C=O) groups excluding carboxylic acids is 2. The number of rotatable bonds is 9. The molecule has 0 unspecified atom stereocenters. The fourth-order valence-electron chi connectivity index (χ4n) is 3.60. The van der Waals surface area contributed by atoms with Crippen LogP contribution in [0.3, 0.4) is 0 Å². The molecule has 1 aromatic heterocycles. The first-order chi connectivity index (χ1) is 16.6. The maximum Gasteiger partial charge on any atom is 0.251 e. The summed E-state index contributed by atoms with van der Waals surface area (Å²) in [5, 5.41) is 3.53. The van der Waals surface area contributed by atoms with E-state index in [1.165, 1.54) is 16.9 Å². The van der Waals surface area contributed by atoms with Crippen LogP contribution in [0.25, 0.3) is 10.2 Å². The van der Waals surface area contributed by atoms with Gasteiger partial charge in [0.2, 0.25) is 5.91 Å². The van der Waals surface area contributed by atoms with Crippen LogP contribution in [0.1, 0.15) is 35.7 Å². The van der Waals surface area contributed by atoms with E-state index in [2.05, 4.69) is 12.2 Å². The summed E-state index contributed by atoms with van der Waals surface area (Å²) in [6.07, 6.45) is 1.74. The lowest BCUT2D eigenvalue weighted by Crippen LogP contribution is -2.28. The van der Waals surface area contributed by atoms with Gasteiger partial charge in [-0.15, -0.1) is 0 Å². The SMILES string of the molecule is CCc1ccc(N(C(=O)CCCNC(=O)c2ccc(OC)cc2)c2nc3ccccc3s2)cc1. The van der Waals surface area contributed by atoms with Gasteiger partial charge in [-0.05, 0) is 66.9 Å². The van der Waals surface area contributed by atoms with Crippen molar-refractivity contribution >= 4 is 44.2 Å². The van der Waals surface area contributed by atoms with Crippen LogP contribution in [-0.2, 0) is 11.2 Å². The number of aryl methyl sites for hydroxylation is 1. The summed E-state index contributed by atoms with van der Waals surface area (Å²) in [4.78, 5) is 32.1. The van der Waals surface area contributed by atoms with Crippen LogP contribution in [0.5, 0.6) is 5.75 Å². The molecule has 7 heteroatoms. The van der Waals surface area contributed by atoms with Gasteiger partial charge in [0.05, 0.1) is 23.0 Å². The number of fused-ring (bicyclic) bond motifs is 1. The van der Waals surface area contributed by atoms with E-state index in [0.29, 0.717) is 29.4 Å². The van der Waals surface area contributed by atoms with E-state index in [1.54, 1.807) is 36.3 Å². The highest BCUT2D eigenvalue weighted by atomic mass is 32.1. The molecule has 0 fully saturated rings. The summed E-state index contributed by atoms with van der Waals surface area (Å²) in [5.41, 5.74) is 3.43. The highest BCUT2D eigenvalue weighted by Gasteiger charge is 2.21. The molecule has 4 aromatic rings. The minimum atomic E-state index is -0.173. The minimum Gasteiger partial charge on any atom is -0.497 e. The number of nitrogens with zero attached hydrogens (tertiary/aromatic N) is 2. The Kier molecular flexibility index (Phi) is 7.54. The predicted octanol–water partition coefficient (Wildman–Crippen LogP) is 5.74. The summed E-state index contributed by atoms with van der Waals surface area (Å²) < 4.78 is 6.16.